The van der Waals surface area contributed by atoms with Gasteiger partial charge in [0.1, 0.15) is 0 Å². The highest BCUT2D eigenvalue weighted by Crippen LogP contribution is 2.17. The van der Waals surface area contributed by atoms with Crippen molar-refractivity contribution in [1.29, 1.82) is 0 Å². The van der Waals surface area contributed by atoms with Crippen molar-refractivity contribution in [2.75, 3.05) is 6.54 Å². The summed E-state index contributed by atoms with van der Waals surface area (Å²) in [5.41, 5.74) is 0. The standard InChI is InChI=1S/C14H28N2O/c1-11(2)10-12(3)15-9-8-14(17)16-13-6-4-5-7-13/h11-13,15H,4-10H2,1-3H3,(H,16,17)/t12-/m1/s1. The summed E-state index contributed by atoms with van der Waals surface area (Å²) in [5, 5.41) is 6.52. The summed E-state index contributed by atoms with van der Waals surface area (Å²) in [6.45, 7) is 7.44. The smallest absolute Gasteiger partial charge is 0.221 e. The van der Waals surface area contributed by atoms with Crippen LogP contribution in [0.5, 0.6) is 0 Å². The number of hydrogen-bond acceptors (Lipinski definition) is 2. The summed E-state index contributed by atoms with van der Waals surface area (Å²) in [6, 6.07) is 0.963. The van der Waals surface area contributed by atoms with E-state index in [0.29, 0.717) is 24.4 Å². The highest BCUT2D eigenvalue weighted by molar-refractivity contribution is 5.76. The van der Waals surface area contributed by atoms with Crippen LogP contribution in [0.2, 0.25) is 0 Å². The van der Waals surface area contributed by atoms with E-state index in [0.717, 1.165) is 6.54 Å². The fourth-order valence-corrected chi connectivity index (χ4v) is 2.59. The van der Waals surface area contributed by atoms with Crippen LogP contribution >= 0.6 is 0 Å². The van der Waals surface area contributed by atoms with Gasteiger partial charge in [-0.05, 0) is 32.1 Å². The van der Waals surface area contributed by atoms with Gasteiger partial charge in [-0.1, -0.05) is 26.7 Å². The fraction of sp³-hybridized carbons (Fsp3) is 0.929. The van der Waals surface area contributed by atoms with Crippen molar-refractivity contribution in [2.45, 2.75) is 71.4 Å². The lowest BCUT2D eigenvalue weighted by atomic mass is 10.1. The van der Waals surface area contributed by atoms with Gasteiger partial charge in [0.05, 0.1) is 0 Å². The molecule has 0 spiro atoms. The van der Waals surface area contributed by atoms with Crippen molar-refractivity contribution < 1.29 is 4.79 Å². The lowest BCUT2D eigenvalue weighted by Crippen LogP contribution is -2.36. The third kappa shape index (κ3) is 6.67. The van der Waals surface area contributed by atoms with Crippen molar-refractivity contribution in [3.8, 4) is 0 Å². The van der Waals surface area contributed by atoms with E-state index in [1.807, 2.05) is 0 Å². The molecule has 0 unspecified atom stereocenters. The van der Waals surface area contributed by atoms with Gasteiger partial charge in [0.15, 0.2) is 0 Å². The topological polar surface area (TPSA) is 41.1 Å². The second-order valence-corrected chi connectivity index (χ2v) is 5.78. The normalized spacial score (nSPS) is 18.6. The molecule has 0 saturated heterocycles. The molecular weight excluding hydrogens is 212 g/mol. The molecule has 1 saturated carbocycles. The maximum Gasteiger partial charge on any atom is 0.221 e. The van der Waals surface area contributed by atoms with E-state index >= 15 is 0 Å². The summed E-state index contributed by atoms with van der Waals surface area (Å²) < 4.78 is 0. The Kier molecular flexibility index (Phi) is 6.56. The molecule has 0 heterocycles. The van der Waals surface area contributed by atoms with Crippen LogP contribution in [0.25, 0.3) is 0 Å². The van der Waals surface area contributed by atoms with Gasteiger partial charge in [-0.3, -0.25) is 4.79 Å². The highest BCUT2D eigenvalue weighted by Gasteiger charge is 2.16. The summed E-state index contributed by atoms with van der Waals surface area (Å²) >= 11 is 0. The third-order valence-corrected chi connectivity index (χ3v) is 3.39. The highest BCUT2D eigenvalue weighted by atomic mass is 16.1. The van der Waals surface area contributed by atoms with E-state index in [9.17, 15) is 4.79 Å². The van der Waals surface area contributed by atoms with E-state index in [-0.39, 0.29) is 5.91 Å². The molecule has 2 N–H and O–H groups in total. The molecule has 17 heavy (non-hydrogen) atoms. The molecule has 1 fully saturated rings. The van der Waals surface area contributed by atoms with Crippen molar-refractivity contribution in [2.24, 2.45) is 5.92 Å². The number of hydrogen-bond donors (Lipinski definition) is 2. The summed E-state index contributed by atoms with van der Waals surface area (Å²) in [6.07, 6.45) is 6.66. The molecule has 0 radical (unpaired) electrons. The largest absolute Gasteiger partial charge is 0.353 e. The molecule has 1 amide bonds. The van der Waals surface area contributed by atoms with E-state index < -0.39 is 0 Å². The molecule has 0 aromatic heterocycles. The molecule has 0 aromatic rings. The van der Waals surface area contributed by atoms with Gasteiger partial charge in [0, 0.05) is 25.0 Å². The third-order valence-electron chi connectivity index (χ3n) is 3.39. The van der Waals surface area contributed by atoms with E-state index in [1.54, 1.807) is 0 Å². The lowest BCUT2D eigenvalue weighted by Gasteiger charge is -2.16. The van der Waals surface area contributed by atoms with Crippen LogP contribution in [0.1, 0.15) is 59.3 Å². The maximum absolute atomic E-state index is 11.7. The average molecular weight is 240 g/mol. The number of amides is 1. The second-order valence-electron chi connectivity index (χ2n) is 5.78. The molecule has 1 rings (SSSR count). The van der Waals surface area contributed by atoms with Crippen molar-refractivity contribution in [3.05, 3.63) is 0 Å². The zero-order valence-corrected chi connectivity index (χ0v) is 11.6. The van der Waals surface area contributed by atoms with Crippen LogP contribution in [0, 0.1) is 5.92 Å². The quantitative estimate of drug-likeness (QED) is 0.717. The SMILES string of the molecule is CC(C)C[C@@H](C)NCCC(=O)NC1CCCC1. The first-order valence-corrected chi connectivity index (χ1v) is 7.10. The molecule has 0 aliphatic heterocycles. The Morgan fingerprint density at radius 1 is 1.24 bits per heavy atom. The molecule has 3 heteroatoms. The summed E-state index contributed by atoms with van der Waals surface area (Å²) in [4.78, 5) is 11.7. The van der Waals surface area contributed by atoms with Crippen LogP contribution in [-0.4, -0.2) is 24.5 Å². The first-order chi connectivity index (χ1) is 8.08. The Labute approximate surface area is 106 Å². The molecule has 100 valence electrons. The van der Waals surface area contributed by atoms with Gasteiger partial charge in [-0.2, -0.15) is 0 Å². The second kappa shape index (κ2) is 7.70. The first-order valence-electron chi connectivity index (χ1n) is 7.10. The van der Waals surface area contributed by atoms with E-state index in [4.69, 9.17) is 0 Å². The van der Waals surface area contributed by atoms with E-state index in [1.165, 1.54) is 32.1 Å². The van der Waals surface area contributed by atoms with Gasteiger partial charge >= 0.3 is 0 Å². The Morgan fingerprint density at radius 2 is 1.88 bits per heavy atom. The molecule has 0 aromatic carbocycles. The van der Waals surface area contributed by atoms with Crippen LogP contribution in [0.15, 0.2) is 0 Å². The Hall–Kier alpha value is -0.570. The van der Waals surface area contributed by atoms with Gasteiger partial charge in [-0.25, -0.2) is 0 Å². The maximum atomic E-state index is 11.7. The monoisotopic (exact) mass is 240 g/mol. The Bertz CT molecular complexity index is 222. The minimum atomic E-state index is 0.209. The average Bonchev–Trinajstić information content (AvgIpc) is 2.69. The summed E-state index contributed by atoms with van der Waals surface area (Å²) in [5.74, 6) is 0.922. The van der Waals surface area contributed by atoms with Crippen LogP contribution in [-0.2, 0) is 4.79 Å². The zero-order chi connectivity index (χ0) is 12.7. The number of rotatable bonds is 7. The minimum absolute atomic E-state index is 0.209. The van der Waals surface area contributed by atoms with Crippen LogP contribution in [0.4, 0.5) is 0 Å². The molecule has 1 aliphatic carbocycles. The zero-order valence-electron chi connectivity index (χ0n) is 11.6. The minimum Gasteiger partial charge on any atom is -0.353 e. The van der Waals surface area contributed by atoms with E-state index in [2.05, 4.69) is 31.4 Å². The van der Waals surface area contributed by atoms with Crippen molar-refractivity contribution in [3.63, 3.8) is 0 Å². The van der Waals surface area contributed by atoms with Crippen LogP contribution in [0.3, 0.4) is 0 Å². The molecule has 1 atom stereocenters. The number of carbonyl (C=O) groups is 1. The van der Waals surface area contributed by atoms with Crippen molar-refractivity contribution in [1.82, 2.24) is 10.6 Å². The first kappa shape index (κ1) is 14.5. The molecule has 1 aliphatic rings. The Balaban J connectivity index is 2.03. The predicted molar refractivity (Wildman–Crippen MR) is 71.9 cm³/mol. The van der Waals surface area contributed by atoms with Crippen LogP contribution < -0.4 is 10.6 Å². The van der Waals surface area contributed by atoms with Gasteiger partial charge in [0.25, 0.3) is 0 Å². The van der Waals surface area contributed by atoms with Gasteiger partial charge in [0.2, 0.25) is 5.91 Å². The Morgan fingerprint density at radius 3 is 2.47 bits per heavy atom. The summed E-state index contributed by atoms with van der Waals surface area (Å²) in [7, 11) is 0. The number of carbonyl (C=O) groups excluding carboxylic acids is 1. The van der Waals surface area contributed by atoms with Gasteiger partial charge < -0.3 is 10.6 Å². The predicted octanol–water partition coefficient (Wildman–Crippen LogP) is 2.46. The van der Waals surface area contributed by atoms with Crippen molar-refractivity contribution >= 4 is 5.91 Å². The molecular formula is C14H28N2O. The number of nitrogens with one attached hydrogen (secondary N) is 2. The lowest BCUT2D eigenvalue weighted by molar-refractivity contribution is -0.121. The molecule has 3 nitrogen and oxygen atoms in total. The van der Waals surface area contributed by atoms with Gasteiger partial charge in [-0.15, -0.1) is 0 Å². The fourth-order valence-electron chi connectivity index (χ4n) is 2.59. The molecule has 0 bridgehead atoms.